The smallest absolute Gasteiger partial charge is 0.150 e. The van der Waals surface area contributed by atoms with Crippen molar-refractivity contribution < 1.29 is 9.90 Å². The summed E-state index contributed by atoms with van der Waals surface area (Å²) in [7, 11) is 1.00. The molecular formula is C8H10O2S. The molecule has 2 nitrogen and oxygen atoms in total. The third-order valence-electron chi connectivity index (χ3n) is 1.03. The van der Waals surface area contributed by atoms with Gasteiger partial charge in [-0.3, -0.25) is 4.79 Å². The normalized spacial score (nSPS) is 7.91. The molecule has 60 valence electrons. The molecular weight excluding hydrogens is 160 g/mol. The Balaban J connectivity index is 0.000000461. The second-order valence-electron chi connectivity index (χ2n) is 1.71. The van der Waals surface area contributed by atoms with Crippen LogP contribution in [0.2, 0.25) is 0 Å². The number of hydrogen-bond acceptors (Lipinski definition) is 3. The summed E-state index contributed by atoms with van der Waals surface area (Å²) in [5.41, 5.74) is 0.688. The van der Waals surface area contributed by atoms with Crippen molar-refractivity contribution in [2.45, 2.75) is 4.90 Å². The number of aldehydes is 1. The Morgan fingerprint density at radius 2 is 1.73 bits per heavy atom. The molecule has 0 amide bonds. The minimum Gasteiger partial charge on any atom is -0.400 e. The van der Waals surface area contributed by atoms with Crippen molar-refractivity contribution in [3.05, 3.63) is 29.8 Å². The van der Waals surface area contributed by atoms with Gasteiger partial charge in [0.25, 0.3) is 0 Å². The summed E-state index contributed by atoms with van der Waals surface area (Å²) < 4.78 is 0. The van der Waals surface area contributed by atoms with Crippen molar-refractivity contribution in [3.63, 3.8) is 0 Å². The van der Waals surface area contributed by atoms with E-state index in [1.54, 1.807) is 24.3 Å². The average Bonchev–Trinajstić information content (AvgIpc) is 2.10. The zero-order valence-electron chi connectivity index (χ0n) is 6.19. The quantitative estimate of drug-likeness (QED) is 0.493. The first-order valence-corrected chi connectivity index (χ1v) is 3.46. The highest BCUT2D eigenvalue weighted by molar-refractivity contribution is 7.80. The van der Waals surface area contributed by atoms with Gasteiger partial charge in [-0.1, -0.05) is 12.1 Å². The first-order valence-electron chi connectivity index (χ1n) is 3.02. The van der Waals surface area contributed by atoms with Crippen LogP contribution in [0.4, 0.5) is 0 Å². The van der Waals surface area contributed by atoms with Gasteiger partial charge >= 0.3 is 0 Å². The maximum Gasteiger partial charge on any atom is 0.150 e. The van der Waals surface area contributed by atoms with Crippen molar-refractivity contribution in [1.82, 2.24) is 0 Å². The van der Waals surface area contributed by atoms with Gasteiger partial charge in [-0.2, -0.15) is 0 Å². The molecule has 0 saturated carbocycles. The van der Waals surface area contributed by atoms with Crippen molar-refractivity contribution in [3.8, 4) is 0 Å². The monoisotopic (exact) mass is 170 g/mol. The van der Waals surface area contributed by atoms with Gasteiger partial charge < -0.3 is 5.11 Å². The number of rotatable bonds is 1. The summed E-state index contributed by atoms with van der Waals surface area (Å²) in [6, 6.07) is 7.03. The van der Waals surface area contributed by atoms with Crippen LogP contribution in [-0.4, -0.2) is 18.5 Å². The standard InChI is InChI=1S/C7H6OS.CH4O/c8-5-6-1-3-7(9)4-2-6;1-2/h1-5,9H;2H,1H3. The van der Waals surface area contributed by atoms with Crippen LogP contribution in [0.25, 0.3) is 0 Å². The maximum absolute atomic E-state index is 10.1. The Labute approximate surface area is 71.3 Å². The van der Waals surface area contributed by atoms with Gasteiger partial charge in [0.05, 0.1) is 0 Å². The van der Waals surface area contributed by atoms with Crippen LogP contribution in [-0.2, 0) is 0 Å². The third-order valence-corrected chi connectivity index (χ3v) is 1.33. The van der Waals surface area contributed by atoms with Crippen LogP contribution in [0, 0.1) is 0 Å². The van der Waals surface area contributed by atoms with E-state index in [1.807, 2.05) is 0 Å². The zero-order valence-corrected chi connectivity index (χ0v) is 7.08. The Bertz CT molecular complexity index is 206. The van der Waals surface area contributed by atoms with Gasteiger partial charge in [-0.15, -0.1) is 12.6 Å². The highest BCUT2D eigenvalue weighted by atomic mass is 32.1. The second kappa shape index (κ2) is 5.95. The van der Waals surface area contributed by atoms with Gasteiger partial charge in [0.2, 0.25) is 0 Å². The molecule has 0 radical (unpaired) electrons. The van der Waals surface area contributed by atoms with E-state index in [0.717, 1.165) is 18.3 Å². The second-order valence-corrected chi connectivity index (χ2v) is 2.23. The molecule has 0 unspecified atom stereocenters. The molecule has 1 rings (SSSR count). The molecule has 11 heavy (non-hydrogen) atoms. The highest BCUT2D eigenvalue weighted by Crippen LogP contribution is 2.05. The molecule has 0 aliphatic carbocycles. The molecule has 0 saturated heterocycles. The van der Waals surface area contributed by atoms with E-state index < -0.39 is 0 Å². The SMILES string of the molecule is CO.O=Cc1ccc(S)cc1. The summed E-state index contributed by atoms with van der Waals surface area (Å²) in [4.78, 5) is 11.0. The number of hydrogen-bond donors (Lipinski definition) is 2. The molecule has 0 aliphatic heterocycles. The zero-order chi connectivity index (χ0) is 8.69. The van der Waals surface area contributed by atoms with Crippen molar-refractivity contribution >= 4 is 18.9 Å². The number of thiol groups is 1. The fourth-order valence-corrected chi connectivity index (χ4v) is 0.702. The summed E-state index contributed by atoms with van der Waals surface area (Å²) >= 11 is 4.05. The van der Waals surface area contributed by atoms with E-state index in [9.17, 15) is 4.79 Å². The lowest BCUT2D eigenvalue weighted by Gasteiger charge is -1.88. The molecule has 0 heterocycles. The Morgan fingerprint density at radius 1 is 1.27 bits per heavy atom. The van der Waals surface area contributed by atoms with Crippen LogP contribution in [0.5, 0.6) is 0 Å². The van der Waals surface area contributed by atoms with E-state index in [-0.39, 0.29) is 0 Å². The van der Waals surface area contributed by atoms with Crippen LogP contribution in [0.1, 0.15) is 10.4 Å². The lowest BCUT2D eigenvalue weighted by molar-refractivity contribution is 0.112. The summed E-state index contributed by atoms with van der Waals surface area (Å²) in [5, 5.41) is 7.00. The molecule has 0 atom stereocenters. The lowest BCUT2D eigenvalue weighted by atomic mass is 10.2. The van der Waals surface area contributed by atoms with Crippen molar-refractivity contribution in [2.24, 2.45) is 0 Å². The molecule has 0 aliphatic rings. The van der Waals surface area contributed by atoms with E-state index in [2.05, 4.69) is 12.6 Å². The first-order chi connectivity index (χ1) is 5.33. The van der Waals surface area contributed by atoms with E-state index >= 15 is 0 Å². The topological polar surface area (TPSA) is 37.3 Å². The fraction of sp³-hybridized carbons (Fsp3) is 0.125. The van der Waals surface area contributed by atoms with Crippen LogP contribution in [0.15, 0.2) is 29.2 Å². The largest absolute Gasteiger partial charge is 0.400 e. The predicted octanol–water partition coefficient (Wildman–Crippen LogP) is 1.40. The molecule has 0 aromatic heterocycles. The number of carbonyl (C=O) groups excluding carboxylic acids is 1. The van der Waals surface area contributed by atoms with Crippen molar-refractivity contribution in [2.75, 3.05) is 7.11 Å². The minimum absolute atomic E-state index is 0.688. The molecule has 1 aromatic rings. The van der Waals surface area contributed by atoms with E-state index in [0.29, 0.717) is 5.56 Å². The van der Waals surface area contributed by atoms with E-state index in [1.165, 1.54) is 0 Å². The Morgan fingerprint density at radius 3 is 2.09 bits per heavy atom. The summed E-state index contributed by atoms with van der Waals surface area (Å²) in [6.07, 6.45) is 0.813. The maximum atomic E-state index is 10.1. The first kappa shape index (κ1) is 10.2. The highest BCUT2D eigenvalue weighted by Gasteiger charge is 1.85. The molecule has 3 heteroatoms. The third kappa shape index (κ3) is 3.80. The molecule has 1 N–H and O–H groups in total. The Hall–Kier alpha value is -0.800. The van der Waals surface area contributed by atoms with Crippen LogP contribution in [0.3, 0.4) is 0 Å². The van der Waals surface area contributed by atoms with Gasteiger partial charge in [0, 0.05) is 17.6 Å². The van der Waals surface area contributed by atoms with Gasteiger partial charge in [0.15, 0.2) is 0 Å². The van der Waals surface area contributed by atoms with Gasteiger partial charge in [0.1, 0.15) is 6.29 Å². The lowest BCUT2D eigenvalue weighted by Crippen LogP contribution is -1.75. The Kier molecular flexibility index (Phi) is 5.51. The predicted molar refractivity (Wildman–Crippen MR) is 47.2 cm³/mol. The number of aliphatic hydroxyl groups is 1. The molecule has 0 fully saturated rings. The number of carbonyl (C=O) groups is 1. The van der Waals surface area contributed by atoms with Crippen LogP contribution < -0.4 is 0 Å². The molecule has 0 bridgehead atoms. The molecule has 0 spiro atoms. The summed E-state index contributed by atoms with van der Waals surface area (Å²) in [5.74, 6) is 0. The van der Waals surface area contributed by atoms with Crippen molar-refractivity contribution in [1.29, 1.82) is 0 Å². The number of benzene rings is 1. The average molecular weight is 170 g/mol. The number of aliphatic hydroxyl groups excluding tert-OH is 1. The fourth-order valence-electron chi connectivity index (χ4n) is 0.553. The van der Waals surface area contributed by atoms with Crippen LogP contribution >= 0.6 is 12.6 Å². The van der Waals surface area contributed by atoms with E-state index in [4.69, 9.17) is 5.11 Å². The van der Waals surface area contributed by atoms with Gasteiger partial charge in [-0.25, -0.2) is 0 Å². The van der Waals surface area contributed by atoms with Gasteiger partial charge in [-0.05, 0) is 12.1 Å². The molecule has 1 aromatic carbocycles. The summed E-state index contributed by atoms with van der Waals surface area (Å²) in [6.45, 7) is 0. The minimum atomic E-state index is 0.688.